The van der Waals surface area contributed by atoms with Gasteiger partial charge >= 0.3 is 0 Å². The highest BCUT2D eigenvalue weighted by Crippen LogP contribution is 2.32. The minimum atomic E-state index is 0.0565. The van der Waals surface area contributed by atoms with E-state index in [1.807, 2.05) is 0 Å². The van der Waals surface area contributed by atoms with E-state index in [-0.39, 0.29) is 11.8 Å². The van der Waals surface area contributed by atoms with Crippen LogP contribution in [-0.2, 0) is 0 Å². The van der Waals surface area contributed by atoms with E-state index in [1.54, 1.807) is 25.1 Å². The fourth-order valence-electron chi connectivity index (χ4n) is 1.52. The Morgan fingerprint density at radius 1 is 1.44 bits per heavy atom. The first kappa shape index (κ1) is 10.4. The highest BCUT2D eigenvalue weighted by molar-refractivity contribution is 5.66. The number of phenols is 1. The summed E-state index contributed by atoms with van der Waals surface area (Å²) in [4.78, 5) is 4.04. The van der Waals surface area contributed by atoms with Gasteiger partial charge in [0.2, 0.25) is 0 Å². The third-order valence-corrected chi connectivity index (χ3v) is 2.27. The second-order valence-corrected chi connectivity index (χ2v) is 3.34. The normalized spacial score (nSPS) is 10.4. The van der Waals surface area contributed by atoms with Crippen LogP contribution in [0.3, 0.4) is 0 Å². The minimum Gasteiger partial charge on any atom is -0.504 e. The van der Waals surface area contributed by atoms with Gasteiger partial charge in [-0.2, -0.15) is 4.98 Å². The Morgan fingerprint density at radius 2 is 2.19 bits per heavy atom. The molecule has 0 spiro atoms. The first-order chi connectivity index (χ1) is 7.61. The molecule has 0 bridgehead atoms. The van der Waals surface area contributed by atoms with E-state index in [4.69, 9.17) is 14.9 Å². The number of methoxy groups -OCH3 is 1. The lowest BCUT2D eigenvalue weighted by molar-refractivity contribution is 0.373. The molecule has 0 fully saturated rings. The fourth-order valence-corrected chi connectivity index (χ4v) is 1.52. The number of aryl methyl sites for hydroxylation is 1. The van der Waals surface area contributed by atoms with Crippen molar-refractivity contribution in [2.75, 3.05) is 12.8 Å². The number of hydrogen-bond acceptors (Lipinski definition) is 5. The number of benzene rings is 1. The molecule has 5 heteroatoms. The largest absolute Gasteiger partial charge is 0.504 e. The van der Waals surface area contributed by atoms with Crippen LogP contribution < -0.4 is 10.5 Å². The summed E-state index contributed by atoms with van der Waals surface area (Å²) in [5.41, 5.74) is 6.80. The maximum atomic E-state index is 9.64. The van der Waals surface area contributed by atoms with Crippen molar-refractivity contribution in [3.05, 3.63) is 24.0 Å². The Bertz CT molecular complexity index is 520. The van der Waals surface area contributed by atoms with E-state index in [0.29, 0.717) is 17.2 Å². The Hall–Kier alpha value is -2.17. The molecule has 0 amide bonds. The number of nitrogen functional groups attached to an aromatic ring is 1. The van der Waals surface area contributed by atoms with E-state index in [2.05, 4.69) is 4.98 Å². The summed E-state index contributed by atoms with van der Waals surface area (Å²) in [5.74, 6) is 1.08. The Kier molecular flexibility index (Phi) is 2.44. The molecule has 5 nitrogen and oxygen atoms in total. The molecule has 1 aromatic heterocycles. The number of rotatable bonds is 2. The van der Waals surface area contributed by atoms with Gasteiger partial charge in [0.1, 0.15) is 11.5 Å². The van der Waals surface area contributed by atoms with Crippen LogP contribution in [0.15, 0.2) is 22.6 Å². The third kappa shape index (κ3) is 1.67. The quantitative estimate of drug-likeness (QED) is 0.808. The van der Waals surface area contributed by atoms with Crippen molar-refractivity contribution in [2.45, 2.75) is 6.92 Å². The molecule has 84 valence electrons. The maximum Gasteiger partial charge on any atom is 0.292 e. The number of ether oxygens (including phenoxy) is 1. The van der Waals surface area contributed by atoms with E-state index in [1.165, 1.54) is 7.11 Å². The second kappa shape index (κ2) is 3.77. The first-order valence-corrected chi connectivity index (χ1v) is 4.72. The summed E-state index contributed by atoms with van der Waals surface area (Å²) in [5, 5.41) is 9.64. The van der Waals surface area contributed by atoms with Gasteiger partial charge in [0.15, 0.2) is 11.5 Å². The lowest BCUT2D eigenvalue weighted by Gasteiger charge is -2.04. The molecule has 0 radical (unpaired) electrons. The number of nitrogens with two attached hydrogens (primary N) is 1. The van der Waals surface area contributed by atoms with Gasteiger partial charge in [0.25, 0.3) is 6.01 Å². The molecule has 1 heterocycles. The van der Waals surface area contributed by atoms with Crippen LogP contribution in [0.4, 0.5) is 6.01 Å². The van der Waals surface area contributed by atoms with E-state index in [0.717, 1.165) is 5.56 Å². The van der Waals surface area contributed by atoms with Gasteiger partial charge in [-0.25, -0.2) is 0 Å². The molecule has 0 atom stereocenters. The molecule has 0 saturated carbocycles. The Balaban J connectivity index is 2.49. The molecule has 3 N–H and O–H groups in total. The highest BCUT2D eigenvalue weighted by atomic mass is 16.5. The number of nitrogens with zero attached hydrogens (tertiary/aromatic N) is 1. The van der Waals surface area contributed by atoms with Gasteiger partial charge in [-0.3, -0.25) is 0 Å². The molecular formula is C11H12N2O3. The van der Waals surface area contributed by atoms with E-state index in [9.17, 15) is 5.11 Å². The average Bonchev–Trinajstić information content (AvgIpc) is 2.58. The van der Waals surface area contributed by atoms with Gasteiger partial charge in [0.05, 0.1) is 7.11 Å². The molecule has 0 saturated heterocycles. The lowest BCUT2D eigenvalue weighted by Crippen LogP contribution is -1.86. The zero-order valence-electron chi connectivity index (χ0n) is 9.02. The van der Waals surface area contributed by atoms with Crippen LogP contribution in [0.5, 0.6) is 11.5 Å². The predicted molar refractivity (Wildman–Crippen MR) is 59.3 cm³/mol. The number of anilines is 1. The average molecular weight is 220 g/mol. The van der Waals surface area contributed by atoms with Crippen molar-refractivity contribution in [3.63, 3.8) is 0 Å². The predicted octanol–water partition coefficient (Wildman–Crippen LogP) is 1.95. The fraction of sp³-hybridized carbons (Fsp3) is 0.182. The Morgan fingerprint density at radius 3 is 2.69 bits per heavy atom. The van der Waals surface area contributed by atoms with Crippen LogP contribution in [0.1, 0.15) is 5.76 Å². The first-order valence-electron chi connectivity index (χ1n) is 4.72. The van der Waals surface area contributed by atoms with Crippen LogP contribution in [0.2, 0.25) is 0 Å². The van der Waals surface area contributed by atoms with Gasteiger partial charge in [-0.15, -0.1) is 0 Å². The minimum absolute atomic E-state index is 0.0565. The molecular weight excluding hydrogens is 208 g/mol. The molecule has 2 aromatic rings. The SMILES string of the molecule is COc1ccc(-c2nc(N)oc2C)cc1O. The summed E-state index contributed by atoms with van der Waals surface area (Å²) >= 11 is 0. The molecule has 1 aromatic carbocycles. The van der Waals surface area contributed by atoms with Crippen LogP contribution >= 0.6 is 0 Å². The monoisotopic (exact) mass is 220 g/mol. The summed E-state index contributed by atoms with van der Waals surface area (Å²) in [7, 11) is 1.49. The van der Waals surface area contributed by atoms with Gasteiger partial charge in [0, 0.05) is 5.56 Å². The number of hydrogen-bond donors (Lipinski definition) is 2. The van der Waals surface area contributed by atoms with Gasteiger partial charge in [-0.05, 0) is 25.1 Å². The zero-order chi connectivity index (χ0) is 11.7. The summed E-state index contributed by atoms with van der Waals surface area (Å²) in [6.45, 7) is 1.76. The van der Waals surface area contributed by atoms with Gasteiger partial charge < -0.3 is 20.0 Å². The second-order valence-electron chi connectivity index (χ2n) is 3.34. The number of aromatic hydroxyl groups is 1. The van der Waals surface area contributed by atoms with Crippen molar-refractivity contribution in [1.82, 2.24) is 4.98 Å². The van der Waals surface area contributed by atoms with Crippen molar-refractivity contribution in [2.24, 2.45) is 0 Å². The molecule has 2 rings (SSSR count). The summed E-state index contributed by atoms with van der Waals surface area (Å²) in [6, 6.07) is 5.11. The topological polar surface area (TPSA) is 81.5 Å². The van der Waals surface area contributed by atoms with Crippen molar-refractivity contribution < 1.29 is 14.3 Å². The van der Waals surface area contributed by atoms with Crippen molar-refractivity contribution >= 4 is 6.01 Å². The van der Waals surface area contributed by atoms with Crippen LogP contribution in [0.25, 0.3) is 11.3 Å². The van der Waals surface area contributed by atoms with E-state index >= 15 is 0 Å². The molecule has 0 aliphatic rings. The maximum absolute atomic E-state index is 9.64. The van der Waals surface area contributed by atoms with Crippen molar-refractivity contribution in [1.29, 1.82) is 0 Å². The summed E-state index contributed by atoms with van der Waals surface area (Å²) in [6.07, 6.45) is 0. The van der Waals surface area contributed by atoms with Gasteiger partial charge in [-0.1, -0.05) is 0 Å². The molecule has 0 aliphatic heterocycles. The van der Waals surface area contributed by atoms with Crippen LogP contribution in [-0.4, -0.2) is 17.2 Å². The molecule has 16 heavy (non-hydrogen) atoms. The number of aromatic nitrogens is 1. The lowest BCUT2D eigenvalue weighted by atomic mass is 10.1. The number of phenolic OH excluding ortho intramolecular Hbond substituents is 1. The molecule has 0 aliphatic carbocycles. The Labute approximate surface area is 92.5 Å². The van der Waals surface area contributed by atoms with Crippen LogP contribution in [0, 0.1) is 6.92 Å². The summed E-state index contributed by atoms with van der Waals surface area (Å²) < 4.78 is 10.1. The van der Waals surface area contributed by atoms with Crippen molar-refractivity contribution in [3.8, 4) is 22.8 Å². The molecule has 0 unspecified atom stereocenters. The zero-order valence-corrected chi connectivity index (χ0v) is 9.02. The smallest absolute Gasteiger partial charge is 0.292 e. The highest BCUT2D eigenvalue weighted by Gasteiger charge is 2.11. The van der Waals surface area contributed by atoms with E-state index < -0.39 is 0 Å². The number of oxazole rings is 1. The standard InChI is InChI=1S/C11H12N2O3/c1-6-10(13-11(12)16-6)7-3-4-9(15-2)8(14)5-7/h3-5,14H,1-2H3,(H2,12,13). The third-order valence-electron chi connectivity index (χ3n) is 2.27.